The van der Waals surface area contributed by atoms with Gasteiger partial charge in [0, 0.05) is 12.6 Å². The fourth-order valence-corrected chi connectivity index (χ4v) is 1.38. The van der Waals surface area contributed by atoms with Crippen LogP contribution >= 0.6 is 11.6 Å². The molecule has 2 aromatic heterocycles. The number of pyridine rings is 1. The maximum absolute atomic E-state index is 5.91. The van der Waals surface area contributed by atoms with Gasteiger partial charge in [-0.2, -0.15) is 0 Å². The van der Waals surface area contributed by atoms with E-state index < -0.39 is 0 Å². The van der Waals surface area contributed by atoms with Crippen molar-refractivity contribution in [1.29, 1.82) is 0 Å². The van der Waals surface area contributed by atoms with Crippen LogP contribution < -0.4 is 0 Å². The summed E-state index contributed by atoms with van der Waals surface area (Å²) in [5.74, 6) is 1.37. The summed E-state index contributed by atoms with van der Waals surface area (Å²) in [6, 6.07) is 3.67. The van der Waals surface area contributed by atoms with Gasteiger partial charge in [0.2, 0.25) is 0 Å². The Labute approximate surface area is 86.8 Å². The molecule has 2 aromatic rings. The molecule has 0 amide bonds. The molecule has 3 nitrogen and oxygen atoms in total. The lowest BCUT2D eigenvalue weighted by Crippen LogP contribution is -1.79. The second-order valence-corrected chi connectivity index (χ2v) is 3.17. The maximum Gasteiger partial charge on any atom is 0.194 e. The van der Waals surface area contributed by atoms with Crippen LogP contribution in [-0.4, -0.2) is 9.97 Å². The van der Waals surface area contributed by atoms with Crippen molar-refractivity contribution >= 4 is 11.6 Å². The van der Waals surface area contributed by atoms with Crippen molar-refractivity contribution in [3.63, 3.8) is 0 Å². The van der Waals surface area contributed by atoms with Crippen LogP contribution in [0, 0.1) is 0 Å². The van der Waals surface area contributed by atoms with E-state index in [0.717, 1.165) is 12.0 Å². The molecule has 0 saturated heterocycles. The number of halogens is 1. The van der Waals surface area contributed by atoms with Crippen LogP contribution in [0.15, 0.2) is 28.9 Å². The molecule has 2 heterocycles. The van der Waals surface area contributed by atoms with Gasteiger partial charge < -0.3 is 4.42 Å². The summed E-state index contributed by atoms with van der Waals surface area (Å²) >= 11 is 5.91. The van der Waals surface area contributed by atoms with Gasteiger partial charge in [0.25, 0.3) is 0 Å². The highest BCUT2D eigenvalue weighted by Gasteiger charge is 2.08. The molecule has 0 N–H and O–H groups in total. The summed E-state index contributed by atoms with van der Waals surface area (Å²) in [6.45, 7) is 1.99. The normalized spacial score (nSPS) is 10.4. The Hall–Kier alpha value is -1.35. The molecule has 0 radical (unpaired) electrons. The molecule has 0 aliphatic heterocycles. The van der Waals surface area contributed by atoms with Gasteiger partial charge >= 0.3 is 0 Å². The number of nitrogens with zero attached hydrogens (tertiary/aromatic N) is 2. The zero-order valence-electron chi connectivity index (χ0n) is 7.70. The van der Waals surface area contributed by atoms with E-state index in [1.165, 1.54) is 0 Å². The van der Waals surface area contributed by atoms with E-state index in [9.17, 15) is 0 Å². The van der Waals surface area contributed by atoms with E-state index in [-0.39, 0.29) is 0 Å². The molecule has 0 aromatic carbocycles. The van der Waals surface area contributed by atoms with E-state index in [2.05, 4.69) is 9.97 Å². The van der Waals surface area contributed by atoms with Crippen LogP contribution in [0.5, 0.6) is 0 Å². The Morgan fingerprint density at radius 3 is 2.93 bits per heavy atom. The van der Waals surface area contributed by atoms with Gasteiger partial charge in [-0.1, -0.05) is 18.5 Å². The van der Waals surface area contributed by atoms with Crippen molar-refractivity contribution in [3.05, 3.63) is 35.6 Å². The number of oxazole rings is 1. The molecule has 72 valence electrons. The minimum Gasteiger partial charge on any atom is -0.441 e. The van der Waals surface area contributed by atoms with Gasteiger partial charge in [-0.25, -0.2) is 9.97 Å². The van der Waals surface area contributed by atoms with Crippen LogP contribution in [0.25, 0.3) is 11.3 Å². The summed E-state index contributed by atoms with van der Waals surface area (Å²) in [5.41, 5.74) is 0.779. The number of aryl methyl sites for hydroxylation is 1. The van der Waals surface area contributed by atoms with Gasteiger partial charge in [0.15, 0.2) is 11.7 Å². The summed E-state index contributed by atoms with van der Waals surface area (Å²) < 4.78 is 5.46. The molecule has 0 unspecified atom stereocenters. The molecule has 2 rings (SSSR count). The molecule has 14 heavy (non-hydrogen) atoms. The zero-order chi connectivity index (χ0) is 9.97. The lowest BCUT2D eigenvalue weighted by Gasteiger charge is -1.96. The van der Waals surface area contributed by atoms with E-state index >= 15 is 0 Å². The molecule has 4 heteroatoms. The lowest BCUT2D eigenvalue weighted by molar-refractivity contribution is 0.513. The molecule has 0 aliphatic carbocycles. The van der Waals surface area contributed by atoms with E-state index in [4.69, 9.17) is 16.0 Å². The first-order chi connectivity index (χ1) is 6.81. The van der Waals surface area contributed by atoms with E-state index in [1.807, 2.05) is 19.1 Å². The highest BCUT2D eigenvalue weighted by molar-refractivity contribution is 6.31. The van der Waals surface area contributed by atoms with Crippen molar-refractivity contribution in [3.8, 4) is 11.3 Å². The first-order valence-corrected chi connectivity index (χ1v) is 4.74. The number of rotatable bonds is 2. The largest absolute Gasteiger partial charge is 0.441 e. The van der Waals surface area contributed by atoms with Crippen LogP contribution in [0.4, 0.5) is 0 Å². The molecule has 0 fully saturated rings. The molecular formula is C10H9ClN2O. The molecule has 0 aliphatic rings. The standard InChI is InChI=1S/C10H9ClN2O/c1-2-9-13-6-8(14-9)7-4-3-5-12-10(7)11/h3-6H,2H2,1H3. The molecule has 0 bridgehead atoms. The molecular weight excluding hydrogens is 200 g/mol. The SMILES string of the molecule is CCc1ncc(-c2cccnc2Cl)o1. The molecule has 0 spiro atoms. The summed E-state index contributed by atoms with van der Waals surface area (Å²) in [5, 5.41) is 0.436. The average Bonchev–Trinajstić information content (AvgIpc) is 2.67. The Morgan fingerprint density at radius 2 is 2.29 bits per heavy atom. The third kappa shape index (κ3) is 1.63. The first kappa shape index (κ1) is 9.21. The average molecular weight is 209 g/mol. The second kappa shape index (κ2) is 3.80. The summed E-state index contributed by atoms with van der Waals surface area (Å²) in [4.78, 5) is 8.07. The highest BCUT2D eigenvalue weighted by atomic mass is 35.5. The Kier molecular flexibility index (Phi) is 2.50. The van der Waals surface area contributed by atoms with Crippen LogP contribution in [0.1, 0.15) is 12.8 Å². The Morgan fingerprint density at radius 1 is 1.43 bits per heavy atom. The predicted molar refractivity (Wildman–Crippen MR) is 54.1 cm³/mol. The van der Waals surface area contributed by atoms with Crippen LogP contribution in [0.2, 0.25) is 5.15 Å². The fraction of sp³-hybridized carbons (Fsp3) is 0.200. The highest BCUT2D eigenvalue weighted by Crippen LogP contribution is 2.26. The minimum absolute atomic E-state index is 0.436. The van der Waals surface area contributed by atoms with Gasteiger partial charge in [-0.05, 0) is 12.1 Å². The second-order valence-electron chi connectivity index (χ2n) is 2.81. The van der Waals surface area contributed by atoms with E-state index in [1.54, 1.807) is 12.4 Å². The lowest BCUT2D eigenvalue weighted by atomic mass is 10.2. The monoisotopic (exact) mass is 208 g/mol. The third-order valence-corrected chi connectivity index (χ3v) is 2.18. The topological polar surface area (TPSA) is 38.9 Å². The first-order valence-electron chi connectivity index (χ1n) is 4.37. The van der Waals surface area contributed by atoms with Crippen LogP contribution in [-0.2, 0) is 6.42 Å². The van der Waals surface area contributed by atoms with E-state index in [0.29, 0.717) is 16.8 Å². The van der Waals surface area contributed by atoms with Gasteiger partial charge in [-0.15, -0.1) is 0 Å². The maximum atomic E-state index is 5.91. The number of aromatic nitrogens is 2. The van der Waals surface area contributed by atoms with Gasteiger partial charge in [0.05, 0.1) is 11.8 Å². The predicted octanol–water partition coefficient (Wildman–Crippen LogP) is 2.95. The summed E-state index contributed by atoms with van der Waals surface area (Å²) in [6.07, 6.45) is 4.09. The number of hydrogen-bond donors (Lipinski definition) is 0. The molecule has 0 saturated carbocycles. The minimum atomic E-state index is 0.436. The van der Waals surface area contributed by atoms with Crippen molar-refractivity contribution < 1.29 is 4.42 Å². The zero-order valence-corrected chi connectivity index (χ0v) is 8.45. The Bertz CT molecular complexity index is 439. The third-order valence-electron chi connectivity index (χ3n) is 1.88. The van der Waals surface area contributed by atoms with Crippen LogP contribution in [0.3, 0.4) is 0 Å². The fourth-order valence-electron chi connectivity index (χ4n) is 1.17. The molecule has 0 atom stereocenters. The van der Waals surface area contributed by atoms with Crippen molar-refractivity contribution in [2.24, 2.45) is 0 Å². The van der Waals surface area contributed by atoms with Gasteiger partial charge in [0.1, 0.15) is 5.15 Å². The van der Waals surface area contributed by atoms with Crippen molar-refractivity contribution in [1.82, 2.24) is 9.97 Å². The number of hydrogen-bond acceptors (Lipinski definition) is 3. The van der Waals surface area contributed by atoms with Gasteiger partial charge in [-0.3, -0.25) is 0 Å². The van der Waals surface area contributed by atoms with Crippen molar-refractivity contribution in [2.75, 3.05) is 0 Å². The van der Waals surface area contributed by atoms with Crippen molar-refractivity contribution in [2.45, 2.75) is 13.3 Å². The Balaban J connectivity index is 2.44. The summed E-state index contributed by atoms with van der Waals surface area (Å²) in [7, 11) is 0. The quantitative estimate of drug-likeness (QED) is 0.713. The smallest absolute Gasteiger partial charge is 0.194 e.